The molecule has 3 heteroatoms. The van der Waals surface area contributed by atoms with Crippen LogP contribution >= 0.6 is 0 Å². The Kier molecular flexibility index (Phi) is 6.27. The lowest BCUT2D eigenvalue weighted by Crippen LogP contribution is -2.41. The minimum absolute atomic E-state index is 0.366. The summed E-state index contributed by atoms with van der Waals surface area (Å²) in [6.45, 7) is 12.1. The van der Waals surface area contributed by atoms with Gasteiger partial charge in [0.15, 0.2) is 0 Å². The zero-order valence-electron chi connectivity index (χ0n) is 14.5. The SMILES string of the molecule is Cc1cc(OC[C@@H](O)CN2CCC[C@H](C)C2)ccc1C(C)C. The highest BCUT2D eigenvalue weighted by Gasteiger charge is 2.19. The monoisotopic (exact) mass is 305 g/mol. The zero-order valence-corrected chi connectivity index (χ0v) is 14.5. The third-order valence-corrected chi connectivity index (χ3v) is 4.52. The van der Waals surface area contributed by atoms with Crippen LogP contribution in [0.5, 0.6) is 5.75 Å². The number of hydrogen-bond acceptors (Lipinski definition) is 3. The fourth-order valence-electron chi connectivity index (χ4n) is 3.38. The Hall–Kier alpha value is -1.06. The minimum atomic E-state index is -0.421. The third kappa shape index (κ3) is 4.99. The van der Waals surface area contributed by atoms with E-state index in [9.17, 15) is 5.11 Å². The van der Waals surface area contributed by atoms with Gasteiger partial charge in [-0.15, -0.1) is 0 Å². The fourth-order valence-corrected chi connectivity index (χ4v) is 3.38. The van der Waals surface area contributed by atoms with Crippen LogP contribution in [0.25, 0.3) is 0 Å². The van der Waals surface area contributed by atoms with E-state index in [1.165, 1.54) is 24.0 Å². The number of aliphatic hydroxyl groups excluding tert-OH is 1. The van der Waals surface area contributed by atoms with E-state index in [0.717, 1.165) is 24.8 Å². The first kappa shape index (κ1) is 17.3. The number of piperidine rings is 1. The number of benzene rings is 1. The van der Waals surface area contributed by atoms with Crippen LogP contribution in [0.15, 0.2) is 18.2 Å². The number of likely N-dealkylation sites (tertiary alicyclic amines) is 1. The zero-order chi connectivity index (χ0) is 16.1. The van der Waals surface area contributed by atoms with Crippen LogP contribution in [0.3, 0.4) is 0 Å². The first-order chi connectivity index (χ1) is 10.5. The molecule has 0 aromatic heterocycles. The first-order valence-corrected chi connectivity index (χ1v) is 8.59. The Labute approximate surface area is 135 Å². The van der Waals surface area contributed by atoms with Crippen molar-refractivity contribution in [3.63, 3.8) is 0 Å². The van der Waals surface area contributed by atoms with Gasteiger partial charge in [-0.3, -0.25) is 0 Å². The summed E-state index contributed by atoms with van der Waals surface area (Å²) in [5, 5.41) is 10.2. The van der Waals surface area contributed by atoms with Gasteiger partial charge < -0.3 is 14.7 Å². The van der Waals surface area contributed by atoms with Gasteiger partial charge in [-0.1, -0.05) is 26.8 Å². The minimum Gasteiger partial charge on any atom is -0.491 e. The molecule has 1 aromatic rings. The van der Waals surface area contributed by atoms with Crippen molar-refractivity contribution < 1.29 is 9.84 Å². The normalized spacial score (nSPS) is 21.1. The number of nitrogens with zero attached hydrogens (tertiary/aromatic N) is 1. The molecule has 0 spiro atoms. The summed E-state index contributed by atoms with van der Waals surface area (Å²) in [5.74, 6) is 2.13. The standard InChI is InChI=1S/C19H31NO2/c1-14(2)19-8-7-18(10-16(19)4)22-13-17(21)12-20-9-5-6-15(3)11-20/h7-8,10,14-15,17,21H,5-6,9,11-13H2,1-4H3/t15-,17-/m0/s1. The molecule has 0 amide bonds. The smallest absolute Gasteiger partial charge is 0.119 e. The number of aliphatic hydroxyl groups is 1. The number of rotatable bonds is 6. The summed E-state index contributed by atoms with van der Waals surface area (Å²) in [7, 11) is 0. The number of ether oxygens (including phenoxy) is 1. The van der Waals surface area contributed by atoms with Gasteiger partial charge in [0.1, 0.15) is 18.5 Å². The van der Waals surface area contributed by atoms with E-state index in [0.29, 0.717) is 19.1 Å². The number of aryl methyl sites for hydroxylation is 1. The summed E-state index contributed by atoms with van der Waals surface area (Å²) in [4.78, 5) is 2.36. The predicted molar refractivity (Wildman–Crippen MR) is 91.6 cm³/mol. The van der Waals surface area contributed by atoms with Crippen molar-refractivity contribution in [1.29, 1.82) is 0 Å². The molecular formula is C19H31NO2. The van der Waals surface area contributed by atoms with E-state index in [1.54, 1.807) is 0 Å². The maximum atomic E-state index is 10.2. The van der Waals surface area contributed by atoms with Crippen molar-refractivity contribution in [1.82, 2.24) is 4.90 Å². The second kappa shape index (κ2) is 7.98. The molecule has 1 saturated heterocycles. The van der Waals surface area contributed by atoms with Gasteiger partial charge in [0.25, 0.3) is 0 Å². The molecular weight excluding hydrogens is 274 g/mol. The molecule has 124 valence electrons. The van der Waals surface area contributed by atoms with E-state index in [-0.39, 0.29) is 0 Å². The Morgan fingerprint density at radius 3 is 2.77 bits per heavy atom. The molecule has 0 saturated carbocycles. The highest BCUT2D eigenvalue weighted by Crippen LogP contribution is 2.23. The van der Waals surface area contributed by atoms with Crippen LogP contribution in [0.1, 0.15) is 50.7 Å². The van der Waals surface area contributed by atoms with Crippen LogP contribution in [0.2, 0.25) is 0 Å². The molecule has 2 rings (SSSR count). The number of hydrogen-bond donors (Lipinski definition) is 1. The van der Waals surface area contributed by atoms with Crippen molar-refractivity contribution in [3.8, 4) is 5.75 Å². The molecule has 1 aliphatic heterocycles. The molecule has 0 aliphatic carbocycles. The lowest BCUT2D eigenvalue weighted by molar-refractivity contribution is 0.0537. The van der Waals surface area contributed by atoms with Crippen LogP contribution in [-0.2, 0) is 0 Å². The van der Waals surface area contributed by atoms with Crippen LogP contribution in [0, 0.1) is 12.8 Å². The van der Waals surface area contributed by atoms with E-state index in [4.69, 9.17) is 4.74 Å². The molecule has 0 bridgehead atoms. The lowest BCUT2D eigenvalue weighted by atomic mass is 9.98. The van der Waals surface area contributed by atoms with Gasteiger partial charge in [0.2, 0.25) is 0 Å². The molecule has 22 heavy (non-hydrogen) atoms. The van der Waals surface area contributed by atoms with E-state index in [1.807, 2.05) is 6.07 Å². The molecule has 2 atom stereocenters. The van der Waals surface area contributed by atoms with Crippen molar-refractivity contribution in [2.24, 2.45) is 5.92 Å². The first-order valence-electron chi connectivity index (χ1n) is 8.59. The Morgan fingerprint density at radius 2 is 2.14 bits per heavy atom. The highest BCUT2D eigenvalue weighted by molar-refractivity contribution is 5.36. The van der Waals surface area contributed by atoms with Gasteiger partial charge in [-0.2, -0.15) is 0 Å². The van der Waals surface area contributed by atoms with Crippen LogP contribution < -0.4 is 4.74 Å². The maximum absolute atomic E-state index is 10.2. The molecule has 3 nitrogen and oxygen atoms in total. The molecule has 1 N–H and O–H groups in total. The average molecular weight is 305 g/mol. The van der Waals surface area contributed by atoms with E-state index < -0.39 is 6.10 Å². The average Bonchev–Trinajstić information content (AvgIpc) is 2.45. The molecule has 1 heterocycles. The number of β-amino-alcohol motifs (C(OH)–C–C–N with tert-alkyl or cyclic N) is 1. The fraction of sp³-hybridized carbons (Fsp3) is 0.684. The van der Waals surface area contributed by atoms with Crippen LogP contribution in [-0.4, -0.2) is 42.4 Å². The Balaban J connectivity index is 1.80. The van der Waals surface area contributed by atoms with Crippen molar-refractivity contribution in [2.75, 3.05) is 26.2 Å². The van der Waals surface area contributed by atoms with Crippen LogP contribution in [0.4, 0.5) is 0 Å². The van der Waals surface area contributed by atoms with Gasteiger partial charge in [0, 0.05) is 13.1 Å². The van der Waals surface area contributed by atoms with Gasteiger partial charge in [-0.25, -0.2) is 0 Å². The third-order valence-electron chi connectivity index (χ3n) is 4.52. The highest BCUT2D eigenvalue weighted by atomic mass is 16.5. The van der Waals surface area contributed by atoms with Crippen molar-refractivity contribution in [2.45, 2.75) is 52.6 Å². The van der Waals surface area contributed by atoms with E-state index in [2.05, 4.69) is 44.7 Å². The second-order valence-corrected chi connectivity index (χ2v) is 7.14. The maximum Gasteiger partial charge on any atom is 0.119 e. The largest absolute Gasteiger partial charge is 0.491 e. The molecule has 0 unspecified atom stereocenters. The van der Waals surface area contributed by atoms with E-state index >= 15 is 0 Å². The summed E-state index contributed by atoms with van der Waals surface area (Å²) < 4.78 is 5.78. The predicted octanol–water partition coefficient (Wildman–Crippen LogP) is 3.59. The van der Waals surface area contributed by atoms with Crippen molar-refractivity contribution >= 4 is 0 Å². The van der Waals surface area contributed by atoms with Gasteiger partial charge >= 0.3 is 0 Å². The Morgan fingerprint density at radius 1 is 1.36 bits per heavy atom. The summed E-state index contributed by atoms with van der Waals surface area (Å²) >= 11 is 0. The van der Waals surface area contributed by atoms with Crippen molar-refractivity contribution in [3.05, 3.63) is 29.3 Å². The molecule has 0 radical (unpaired) electrons. The summed E-state index contributed by atoms with van der Waals surface area (Å²) in [5.41, 5.74) is 2.61. The molecule has 1 fully saturated rings. The van der Waals surface area contributed by atoms with Gasteiger partial charge in [0.05, 0.1) is 0 Å². The topological polar surface area (TPSA) is 32.7 Å². The summed E-state index contributed by atoms with van der Waals surface area (Å²) in [6, 6.07) is 6.22. The second-order valence-electron chi connectivity index (χ2n) is 7.14. The lowest BCUT2D eigenvalue weighted by Gasteiger charge is -2.32. The van der Waals surface area contributed by atoms with Gasteiger partial charge in [-0.05, 0) is 61.4 Å². The molecule has 1 aromatic carbocycles. The molecule has 1 aliphatic rings. The Bertz CT molecular complexity index is 473. The quantitative estimate of drug-likeness (QED) is 0.872. The summed E-state index contributed by atoms with van der Waals surface area (Å²) in [6.07, 6.45) is 2.13.